The molecule has 0 bridgehead atoms. The van der Waals surface area contributed by atoms with Crippen LogP contribution in [0.2, 0.25) is 0 Å². The van der Waals surface area contributed by atoms with Gasteiger partial charge in [0.2, 0.25) is 5.91 Å². The molecule has 3 nitrogen and oxygen atoms in total. The monoisotopic (exact) mass is 220 g/mol. The highest BCUT2D eigenvalue weighted by Gasteiger charge is 2.17. The number of amides is 1. The number of hydrogen-bond donors (Lipinski definition) is 2. The molecule has 2 rings (SSSR count). The molecule has 88 valence electrons. The molecular weight excluding hydrogens is 200 g/mol. The molecule has 16 heavy (non-hydrogen) atoms. The van der Waals surface area contributed by atoms with Crippen molar-refractivity contribution >= 4 is 5.91 Å². The summed E-state index contributed by atoms with van der Waals surface area (Å²) in [5.74, 6) is 0.772. The quantitative estimate of drug-likeness (QED) is 0.738. The molecule has 2 atom stereocenters. The van der Waals surface area contributed by atoms with E-state index in [2.05, 4.69) is 34.9 Å². The van der Waals surface area contributed by atoms with Crippen molar-refractivity contribution in [2.24, 2.45) is 5.92 Å². The fourth-order valence-electron chi connectivity index (χ4n) is 2.35. The first-order chi connectivity index (χ1) is 7.84. The molecule has 0 aromatic heterocycles. The Bertz CT molecular complexity index is 296. The van der Waals surface area contributed by atoms with Crippen molar-refractivity contribution in [3.63, 3.8) is 0 Å². The zero-order valence-corrected chi connectivity index (χ0v) is 9.61. The SMILES string of the molecule is O=C1CN[C@H](CC2C=CC=CC2)CCCN1. The van der Waals surface area contributed by atoms with E-state index in [1.54, 1.807) is 0 Å². The Balaban J connectivity index is 1.80. The van der Waals surface area contributed by atoms with Crippen LogP contribution in [-0.2, 0) is 4.79 Å². The second-order valence-corrected chi connectivity index (χ2v) is 4.61. The Morgan fingerprint density at radius 1 is 1.38 bits per heavy atom. The van der Waals surface area contributed by atoms with Crippen LogP contribution >= 0.6 is 0 Å². The number of rotatable bonds is 2. The third-order valence-corrected chi connectivity index (χ3v) is 3.26. The molecule has 2 aliphatic rings. The minimum absolute atomic E-state index is 0.129. The summed E-state index contributed by atoms with van der Waals surface area (Å²) in [5, 5.41) is 6.23. The van der Waals surface area contributed by atoms with E-state index in [4.69, 9.17) is 0 Å². The van der Waals surface area contributed by atoms with E-state index in [1.807, 2.05) is 0 Å². The normalized spacial score (nSPS) is 30.6. The summed E-state index contributed by atoms with van der Waals surface area (Å²) in [6.45, 7) is 1.30. The van der Waals surface area contributed by atoms with E-state index >= 15 is 0 Å². The zero-order valence-electron chi connectivity index (χ0n) is 9.61. The van der Waals surface area contributed by atoms with E-state index < -0.39 is 0 Å². The van der Waals surface area contributed by atoms with Gasteiger partial charge in [-0.15, -0.1) is 0 Å². The predicted molar refractivity (Wildman–Crippen MR) is 65.0 cm³/mol. The van der Waals surface area contributed by atoms with Crippen LogP contribution in [0.3, 0.4) is 0 Å². The molecule has 0 aromatic rings. The minimum Gasteiger partial charge on any atom is -0.355 e. The summed E-state index contributed by atoms with van der Waals surface area (Å²) < 4.78 is 0. The van der Waals surface area contributed by atoms with Crippen molar-refractivity contribution in [3.8, 4) is 0 Å². The molecule has 1 heterocycles. The summed E-state index contributed by atoms with van der Waals surface area (Å²) in [6, 6.07) is 0.493. The summed E-state index contributed by atoms with van der Waals surface area (Å²) in [5.41, 5.74) is 0. The first kappa shape index (κ1) is 11.4. The van der Waals surface area contributed by atoms with Gasteiger partial charge in [0.15, 0.2) is 0 Å². The molecule has 0 saturated carbocycles. The standard InChI is InChI=1S/C13H20N2O/c16-13-10-15-12(7-4-8-14-13)9-11-5-2-1-3-6-11/h1-3,5,11-12,15H,4,6-10H2,(H,14,16)/t11?,12-/m0/s1. The third-order valence-electron chi connectivity index (χ3n) is 3.26. The van der Waals surface area contributed by atoms with Gasteiger partial charge in [0, 0.05) is 12.6 Å². The predicted octanol–water partition coefficient (Wildman–Crippen LogP) is 1.38. The van der Waals surface area contributed by atoms with Gasteiger partial charge in [0.05, 0.1) is 6.54 Å². The zero-order chi connectivity index (χ0) is 11.2. The lowest BCUT2D eigenvalue weighted by Crippen LogP contribution is -2.43. The van der Waals surface area contributed by atoms with Crippen LogP contribution in [0.25, 0.3) is 0 Å². The maximum absolute atomic E-state index is 11.3. The van der Waals surface area contributed by atoms with Gasteiger partial charge in [-0.2, -0.15) is 0 Å². The van der Waals surface area contributed by atoms with Gasteiger partial charge in [0.1, 0.15) is 0 Å². The first-order valence-corrected chi connectivity index (χ1v) is 6.18. The number of carbonyl (C=O) groups is 1. The summed E-state index contributed by atoms with van der Waals surface area (Å²) >= 11 is 0. The molecule has 1 unspecified atom stereocenters. The molecule has 1 saturated heterocycles. The van der Waals surface area contributed by atoms with E-state index in [9.17, 15) is 4.79 Å². The highest BCUT2D eigenvalue weighted by molar-refractivity contribution is 5.78. The Morgan fingerprint density at radius 2 is 2.31 bits per heavy atom. The largest absolute Gasteiger partial charge is 0.355 e. The van der Waals surface area contributed by atoms with E-state index in [1.165, 1.54) is 0 Å². The molecule has 1 fully saturated rings. The smallest absolute Gasteiger partial charge is 0.233 e. The second kappa shape index (κ2) is 5.85. The molecule has 2 N–H and O–H groups in total. The minimum atomic E-state index is 0.129. The molecule has 1 aliphatic carbocycles. The van der Waals surface area contributed by atoms with Crippen LogP contribution in [0.1, 0.15) is 25.7 Å². The van der Waals surface area contributed by atoms with Crippen molar-refractivity contribution in [2.45, 2.75) is 31.7 Å². The van der Waals surface area contributed by atoms with Crippen molar-refractivity contribution < 1.29 is 4.79 Å². The molecule has 0 spiro atoms. The van der Waals surface area contributed by atoms with E-state index in [-0.39, 0.29) is 5.91 Å². The Labute approximate surface area is 97.0 Å². The molecule has 0 aromatic carbocycles. The highest BCUT2D eigenvalue weighted by Crippen LogP contribution is 2.19. The lowest BCUT2D eigenvalue weighted by atomic mass is 9.91. The fraction of sp³-hybridized carbons (Fsp3) is 0.615. The lowest BCUT2D eigenvalue weighted by Gasteiger charge is -2.25. The molecule has 1 amide bonds. The van der Waals surface area contributed by atoms with Crippen molar-refractivity contribution in [1.29, 1.82) is 0 Å². The summed E-state index contributed by atoms with van der Waals surface area (Å²) in [4.78, 5) is 11.3. The summed E-state index contributed by atoms with van der Waals surface area (Å²) in [7, 11) is 0. The van der Waals surface area contributed by atoms with E-state index in [0.29, 0.717) is 18.5 Å². The number of hydrogen-bond acceptors (Lipinski definition) is 2. The van der Waals surface area contributed by atoms with Crippen LogP contribution in [0.15, 0.2) is 24.3 Å². The number of carbonyl (C=O) groups excluding carboxylic acids is 1. The van der Waals surface area contributed by atoms with E-state index in [0.717, 1.165) is 32.2 Å². The van der Waals surface area contributed by atoms with Gasteiger partial charge in [-0.3, -0.25) is 4.79 Å². The molecule has 0 radical (unpaired) electrons. The maximum atomic E-state index is 11.3. The maximum Gasteiger partial charge on any atom is 0.233 e. The number of nitrogens with one attached hydrogen (secondary N) is 2. The van der Waals surface area contributed by atoms with Crippen LogP contribution < -0.4 is 10.6 Å². The van der Waals surface area contributed by atoms with Crippen LogP contribution in [0.4, 0.5) is 0 Å². The first-order valence-electron chi connectivity index (χ1n) is 6.18. The number of allylic oxidation sites excluding steroid dienone is 4. The Hall–Kier alpha value is -1.09. The molecular formula is C13H20N2O. The van der Waals surface area contributed by atoms with Crippen LogP contribution in [0, 0.1) is 5.92 Å². The van der Waals surface area contributed by atoms with Crippen molar-refractivity contribution in [1.82, 2.24) is 10.6 Å². The van der Waals surface area contributed by atoms with Crippen molar-refractivity contribution in [2.75, 3.05) is 13.1 Å². The van der Waals surface area contributed by atoms with Gasteiger partial charge < -0.3 is 10.6 Å². The topological polar surface area (TPSA) is 41.1 Å². The van der Waals surface area contributed by atoms with Gasteiger partial charge >= 0.3 is 0 Å². The average molecular weight is 220 g/mol. The average Bonchev–Trinajstić information content (AvgIpc) is 2.30. The molecule has 3 heteroatoms. The Morgan fingerprint density at radius 3 is 3.12 bits per heavy atom. The van der Waals surface area contributed by atoms with Crippen molar-refractivity contribution in [3.05, 3.63) is 24.3 Å². The van der Waals surface area contributed by atoms with Crippen LogP contribution in [0.5, 0.6) is 0 Å². The van der Waals surface area contributed by atoms with Gasteiger partial charge in [-0.05, 0) is 31.6 Å². The second-order valence-electron chi connectivity index (χ2n) is 4.61. The summed E-state index contributed by atoms with van der Waals surface area (Å²) in [6.07, 6.45) is 13.3. The van der Waals surface area contributed by atoms with Gasteiger partial charge in [-0.25, -0.2) is 0 Å². The Kier molecular flexibility index (Phi) is 4.17. The fourth-order valence-corrected chi connectivity index (χ4v) is 2.35. The van der Waals surface area contributed by atoms with Crippen LogP contribution in [-0.4, -0.2) is 25.0 Å². The lowest BCUT2D eigenvalue weighted by molar-refractivity contribution is -0.120. The van der Waals surface area contributed by atoms with Gasteiger partial charge in [-0.1, -0.05) is 24.3 Å². The van der Waals surface area contributed by atoms with Gasteiger partial charge in [0.25, 0.3) is 0 Å². The third kappa shape index (κ3) is 3.49. The molecule has 1 aliphatic heterocycles. The highest BCUT2D eigenvalue weighted by atomic mass is 16.1.